The molecule has 0 atom stereocenters. The molecule has 2 rings (SSSR count). The number of hydrogen-bond acceptors (Lipinski definition) is 3. The van der Waals surface area contributed by atoms with Crippen LogP contribution in [0.15, 0.2) is 0 Å². The van der Waals surface area contributed by atoms with Crippen LogP contribution in [0, 0.1) is 11.8 Å². The van der Waals surface area contributed by atoms with Crippen molar-refractivity contribution in [3.8, 4) is 0 Å². The second kappa shape index (κ2) is 9.26. The van der Waals surface area contributed by atoms with Crippen molar-refractivity contribution >= 4 is 11.8 Å². The lowest BCUT2D eigenvalue weighted by molar-refractivity contribution is -0.137. The molecule has 2 fully saturated rings. The minimum atomic E-state index is 0.234. The number of amides is 2. The summed E-state index contributed by atoms with van der Waals surface area (Å²) in [6, 6.07) is 0.358. The average Bonchev–Trinajstić information content (AvgIpc) is 2.47. The second-order valence-corrected chi connectivity index (χ2v) is 7.51. The lowest BCUT2D eigenvalue weighted by Gasteiger charge is -2.34. The first kappa shape index (κ1) is 19.9. The topological polar surface area (TPSA) is 43.9 Å². The molecule has 0 radical (unpaired) electrons. The van der Waals surface area contributed by atoms with Gasteiger partial charge < -0.3 is 9.80 Å². The predicted octanol–water partition coefficient (Wildman–Crippen LogP) is 2.07. The fraction of sp³-hybridized carbons (Fsp3) is 0.889. The zero-order chi connectivity index (χ0) is 17.6. The van der Waals surface area contributed by atoms with Crippen molar-refractivity contribution in [2.45, 2.75) is 53.5 Å². The molecule has 0 spiro atoms. The van der Waals surface area contributed by atoms with E-state index in [0.29, 0.717) is 12.6 Å². The number of hydrogen-bond donors (Lipinski definition) is 0. The first-order chi connectivity index (χ1) is 10.7. The van der Waals surface area contributed by atoms with Gasteiger partial charge in [0.15, 0.2) is 0 Å². The van der Waals surface area contributed by atoms with E-state index in [9.17, 15) is 9.59 Å². The summed E-state index contributed by atoms with van der Waals surface area (Å²) >= 11 is 0. The van der Waals surface area contributed by atoms with Crippen molar-refractivity contribution in [2.75, 3.05) is 39.8 Å². The zero-order valence-corrected chi connectivity index (χ0v) is 15.8. The fourth-order valence-corrected chi connectivity index (χ4v) is 3.23. The number of piperidine rings is 1. The van der Waals surface area contributed by atoms with E-state index < -0.39 is 0 Å². The normalized spacial score (nSPS) is 20.8. The van der Waals surface area contributed by atoms with E-state index in [1.807, 2.05) is 16.8 Å². The molecule has 0 unspecified atom stereocenters. The van der Waals surface area contributed by atoms with Gasteiger partial charge in [-0.1, -0.05) is 13.8 Å². The molecule has 23 heavy (non-hydrogen) atoms. The lowest BCUT2D eigenvalue weighted by atomic mass is 9.87. The van der Waals surface area contributed by atoms with Crippen molar-refractivity contribution in [1.29, 1.82) is 0 Å². The van der Waals surface area contributed by atoms with E-state index in [1.54, 1.807) is 6.92 Å². The maximum absolute atomic E-state index is 11.3. The van der Waals surface area contributed by atoms with Crippen molar-refractivity contribution in [1.82, 2.24) is 14.7 Å². The largest absolute Gasteiger partial charge is 0.343 e. The van der Waals surface area contributed by atoms with Gasteiger partial charge in [0.1, 0.15) is 0 Å². The third-order valence-electron chi connectivity index (χ3n) is 5.00. The molecule has 0 aromatic rings. The maximum Gasteiger partial charge on any atom is 0.237 e. The molecule has 5 heteroatoms. The van der Waals surface area contributed by atoms with Gasteiger partial charge in [-0.25, -0.2) is 0 Å². The summed E-state index contributed by atoms with van der Waals surface area (Å²) < 4.78 is 0. The van der Waals surface area contributed by atoms with Gasteiger partial charge in [-0.3, -0.25) is 14.5 Å². The molecule has 134 valence electrons. The van der Waals surface area contributed by atoms with Gasteiger partial charge in [0, 0.05) is 39.1 Å². The van der Waals surface area contributed by atoms with Crippen molar-refractivity contribution in [3.05, 3.63) is 0 Å². The monoisotopic (exact) mass is 325 g/mol. The number of likely N-dealkylation sites (N-methyl/N-ethyl adjacent to an activating group) is 1. The van der Waals surface area contributed by atoms with Crippen LogP contribution in [0.25, 0.3) is 0 Å². The second-order valence-electron chi connectivity index (χ2n) is 7.51. The van der Waals surface area contributed by atoms with Crippen LogP contribution in [-0.4, -0.2) is 72.3 Å². The van der Waals surface area contributed by atoms with Crippen LogP contribution in [0.4, 0.5) is 0 Å². The zero-order valence-electron chi connectivity index (χ0n) is 15.8. The van der Waals surface area contributed by atoms with Crippen molar-refractivity contribution in [2.24, 2.45) is 11.8 Å². The summed E-state index contributed by atoms with van der Waals surface area (Å²) in [6.07, 6.45) is 2.38. The highest BCUT2D eigenvalue weighted by Crippen LogP contribution is 2.24. The van der Waals surface area contributed by atoms with Crippen molar-refractivity contribution < 1.29 is 9.59 Å². The van der Waals surface area contributed by atoms with Gasteiger partial charge in [-0.05, 0) is 45.6 Å². The SMILES string of the molecule is CC(=O)N1CCC(C(C)C)CC1.CC(C)N1CCN(C)CC1=O. The third kappa shape index (κ3) is 6.50. The first-order valence-corrected chi connectivity index (χ1v) is 8.95. The van der Waals surface area contributed by atoms with Crippen LogP contribution in [-0.2, 0) is 9.59 Å². The molecule has 2 aliphatic heterocycles. The average molecular weight is 325 g/mol. The Morgan fingerprint density at radius 2 is 1.61 bits per heavy atom. The van der Waals surface area contributed by atoms with E-state index in [1.165, 1.54) is 12.8 Å². The number of nitrogens with zero attached hydrogens (tertiary/aromatic N) is 3. The molecule has 0 bridgehead atoms. The smallest absolute Gasteiger partial charge is 0.237 e. The first-order valence-electron chi connectivity index (χ1n) is 8.95. The summed E-state index contributed by atoms with van der Waals surface area (Å²) in [7, 11) is 1.98. The highest BCUT2D eigenvalue weighted by atomic mass is 16.2. The number of likely N-dealkylation sites (tertiary alicyclic amines) is 1. The van der Waals surface area contributed by atoms with Crippen LogP contribution in [0.1, 0.15) is 47.5 Å². The summed E-state index contributed by atoms with van der Waals surface area (Å²) in [5.74, 6) is 2.10. The Balaban J connectivity index is 0.000000231. The molecule has 2 aliphatic rings. The Kier molecular flexibility index (Phi) is 8.03. The van der Waals surface area contributed by atoms with E-state index in [2.05, 4.69) is 32.6 Å². The van der Waals surface area contributed by atoms with Gasteiger partial charge in [0.05, 0.1) is 6.54 Å². The lowest BCUT2D eigenvalue weighted by Crippen LogP contribution is -2.51. The third-order valence-corrected chi connectivity index (χ3v) is 5.00. The Morgan fingerprint density at radius 3 is 2.00 bits per heavy atom. The van der Waals surface area contributed by atoms with E-state index in [-0.39, 0.29) is 11.8 Å². The molecule has 2 amide bonds. The van der Waals surface area contributed by atoms with Crippen LogP contribution in [0.3, 0.4) is 0 Å². The molecule has 2 saturated heterocycles. The van der Waals surface area contributed by atoms with Crippen LogP contribution in [0.5, 0.6) is 0 Å². The Morgan fingerprint density at radius 1 is 1.04 bits per heavy atom. The predicted molar refractivity (Wildman–Crippen MR) is 94.2 cm³/mol. The molecular weight excluding hydrogens is 290 g/mol. The minimum Gasteiger partial charge on any atom is -0.343 e. The number of carbonyl (C=O) groups is 2. The molecule has 0 saturated carbocycles. The molecule has 0 aromatic heterocycles. The Bertz CT molecular complexity index is 388. The minimum absolute atomic E-state index is 0.234. The van der Waals surface area contributed by atoms with Gasteiger partial charge >= 0.3 is 0 Å². The standard InChI is InChI=1S/C10H19NO.C8H16N2O/c1-8(2)10-4-6-11(7-5-10)9(3)12;1-7(2)10-5-4-9(3)6-8(10)11/h8,10H,4-7H2,1-3H3;7H,4-6H2,1-3H3. The van der Waals surface area contributed by atoms with E-state index >= 15 is 0 Å². The van der Waals surface area contributed by atoms with Gasteiger partial charge in [0.25, 0.3) is 0 Å². The van der Waals surface area contributed by atoms with Crippen LogP contribution in [0.2, 0.25) is 0 Å². The maximum atomic E-state index is 11.3. The molecule has 0 aromatic carbocycles. The van der Waals surface area contributed by atoms with Gasteiger partial charge in [-0.2, -0.15) is 0 Å². The van der Waals surface area contributed by atoms with E-state index in [4.69, 9.17) is 0 Å². The summed E-state index contributed by atoms with van der Waals surface area (Å²) in [6.45, 7) is 14.7. The summed E-state index contributed by atoms with van der Waals surface area (Å²) in [5.41, 5.74) is 0. The van der Waals surface area contributed by atoms with E-state index in [0.717, 1.165) is 38.0 Å². The van der Waals surface area contributed by atoms with Gasteiger partial charge in [-0.15, -0.1) is 0 Å². The van der Waals surface area contributed by atoms with Gasteiger partial charge in [0.2, 0.25) is 11.8 Å². The molecule has 5 nitrogen and oxygen atoms in total. The fourth-order valence-electron chi connectivity index (χ4n) is 3.23. The summed E-state index contributed by atoms with van der Waals surface area (Å²) in [5, 5.41) is 0. The highest BCUT2D eigenvalue weighted by molar-refractivity contribution is 5.79. The van der Waals surface area contributed by atoms with Crippen LogP contribution < -0.4 is 0 Å². The van der Waals surface area contributed by atoms with Crippen LogP contribution >= 0.6 is 0 Å². The quantitative estimate of drug-likeness (QED) is 0.781. The van der Waals surface area contributed by atoms with Crippen molar-refractivity contribution in [3.63, 3.8) is 0 Å². The summed E-state index contributed by atoms with van der Waals surface area (Å²) in [4.78, 5) is 28.3. The molecule has 0 N–H and O–H groups in total. The molecular formula is C18H35N3O2. The number of piperazine rings is 1. The molecule has 2 heterocycles. The number of carbonyl (C=O) groups excluding carboxylic acids is 2. The Hall–Kier alpha value is -1.10. The number of rotatable bonds is 2. The highest BCUT2D eigenvalue weighted by Gasteiger charge is 2.23. The Labute approximate surface area is 142 Å². The molecule has 0 aliphatic carbocycles.